The average Bonchev–Trinajstić information content (AvgIpc) is 3.81. The zero-order chi connectivity index (χ0) is 38.7. The summed E-state index contributed by atoms with van der Waals surface area (Å²) in [6.07, 6.45) is 0.582. The van der Waals surface area contributed by atoms with Crippen LogP contribution in [-0.2, 0) is 21.6 Å². The lowest BCUT2D eigenvalue weighted by molar-refractivity contribution is -0.155. The molecule has 3 heterocycles. The molecule has 1 aromatic heterocycles. The number of H-pyrrole nitrogens is 1. The Morgan fingerprint density at radius 1 is 0.927 bits per heavy atom. The predicted molar refractivity (Wildman–Crippen MR) is 203 cm³/mol. The predicted octanol–water partition coefficient (Wildman–Crippen LogP) is 3.17. The highest BCUT2D eigenvalue weighted by atomic mass is 16.5. The lowest BCUT2D eigenvalue weighted by atomic mass is 9.86. The zero-order valence-corrected chi connectivity index (χ0v) is 29.9. The van der Waals surface area contributed by atoms with Crippen molar-refractivity contribution in [2.24, 2.45) is 5.92 Å². The Morgan fingerprint density at radius 3 is 2.45 bits per heavy atom. The Hall–Kier alpha value is -6.02. The van der Waals surface area contributed by atoms with E-state index in [-0.39, 0.29) is 70.6 Å². The van der Waals surface area contributed by atoms with E-state index < -0.39 is 17.7 Å². The van der Waals surface area contributed by atoms with E-state index >= 15 is 0 Å². The molecule has 2 aliphatic rings. The Labute approximate surface area is 316 Å². The van der Waals surface area contributed by atoms with Gasteiger partial charge in [0, 0.05) is 54.7 Å². The Kier molecular flexibility index (Phi) is 10.7. The molecule has 0 unspecified atom stereocenters. The van der Waals surface area contributed by atoms with Crippen LogP contribution in [0.15, 0.2) is 108 Å². The first-order chi connectivity index (χ1) is 26.5. The number of carbonyl (C=O) groups excluding carboxylic acids is 2. The molecule has 0 bridgehead atoms. The number of aliphatic hydroxyl groups excluding tert-OH is 1. The van der Waals surface area contributed by atoms with Crippen LogP contribution in [0, 0.1) is 5.92 Å². The number of benzene rings is 4. The van der Waals surface area contributed by atoms with Crippen LogP contribution >= 0.6 is 0 Å². The van der Waals surface area contributed by atoms with Gasteiger partial charge in [-0.25, -0.2) is 4.79 Å². The van der Waals surface area contributed by atoms with Crippen molar-refractivity contribution in [3.8, 4) is 11.5 Å². The van der Waals surface area contributed by atoms with Crippen molar-refractivity contribution in [1.82, 2.24) is 20.1 Å². The minimum atomic E-state index is -2.30. The Morgan fingerprint density at radius 2 is 1.69 bits per heavy atom. The fourth-order valence-corrected chi connectivity index (χ4v) is 7.67. The summed E-state index contributed by atoms with van der Waals surface area (Å²) >= 11 is 0. The van der Waals surface area contributed by atoms with Crippen LogP contribution in [-0.4, -0.2) is 98.4 Å². The summed E-state index contributed by atoms with van der Waals surface area (Å²) in [7, 11) is 0. The van der Waals surface area contributed by atoms with Gasteiger partial charge < -0.3 is 45.3 Å². The quantitative estimate of drug-likeness (QED) is 0.0976. The molecule has 6 N–H and O–H groups in total. The van der Waals surface area contributed by atoms with E-state index in [9.17, 15) is 39.6 Å². The van der Waals surface area contributed by atoms with Gasteiger partial charge in [0.15, 0.2) is 6.61 Å². The van der Waals surface area contributed by atoms with Crippen molar-refractivity contribution in [1.29, 1.82) is 0 Å². The number of carbonyl (C=O) groups is 3. The molecule has 0 saturated carbocycles. The maximum atomic E-state index is 13.6. The highest BCUT2D eigenvalue weighted by Gasteiger charge is 2.45. The molecule has 55 heavy (non-hydrogen) atoms. The molecule has 2 amide bonds. The maximum Gasteiger partial charge on any atom is 0.345 e. The van der Waals surface area contributed by atoms with Crippen molar-refractivity contribution >= 4 is 28.7 Å². The second-order valence-electron chi connectivity index (χ2n) is 14.1. The van der Waals surface area contributed by atoms with Crippen LogP contribution in [0.5, 0.6) is 11.5 Å². The SMILES string of the molecule is O=C(COc1cccc([C@](O)(C(=O)O)c2ccccc2)c1)N1C[C@H]2CCN(C(=O)c3ccc(CCNC[C@H](O)c4ccc(O)c5[nH]c(=O)ccc45)cc3)[C@H]2C1. The molecule has 2 fully saturated rings. The number of pyridine rings is 1. The number of carboxylic acid groups (broad SMARTS) is 1. The molecular formula is C42H42N4O9. The van der Waals surface area contributed by atoms with Crippen LogP contribution in [0.2, 0.25) is 0 Å². The van der Waals surface area contributed by atoms with Gasteiger partial charge >= 0.3 is 5.97 Å². The fraction of sp³-hybridized carbons (Fsp3) is 0.286. The topological polar surface area (TPSA) is 193 Å². The molecule has 13 nitrogen and oxygen atoms in total. The molecule has 7 rings (SSSR count). The molecule has 5 aromatic rings. The summed E-state index contributed by atoms with van der Waals surface area (Å²) in [5.74, 6) is -1.44. The lowest BCUT2D eigenvalue weighted by Crippen LogP contribution is -2.41. The third-order valence-electron chi connectivity index (χ3n) is 10.7. The molecule has 4 atom stereocenters. The Balaban J connectivity index is 0.894. The summed E-state index contributed by atoms with van der Waals surface area (Å²) in [6.45, 7) is 2.06. The van der Waals surface area contributed by atoms with E-state index in [0.29, 0.717) is 49.1 Å². The molecule has 284 valence electrons. The number of phenols is 1. The van der Waals surface area contributed by atoms with Gasteiger partial charge in [0.1, 0.15) is 11.5 Å². The van der Waals surface area contributed by atoms with Crippen molar-refractivity contribution in [3.63, 3.8) is 0 Å². The van der Waals surface area contributed by atoms with Gasteiger partial charge in [0.2, 0.25) is 11.2 Å². The number of aromatic amines is 1. The number of aromatic nitrogens is 1. The van der Waals surface area contributed by atoms with Gasteiger partial charge in [-0.15, -0.1) is 0 Å². The molecule has 2 saturated heterocycles. The van der Waals surface area contributed by atoms with E-state index in [2.05, 4.69) is 10.3 Å². The molecule has 0 radical (unpaired) electrons. The van der Waals surface area contributed by atoms with E-state index in [4.69, 9.17) is 4.74 Å². The van der Waals surface area contributed by atoms with Gasteiger partial charge in [0.25, 0.3) is 11.8 Å². The number of carboxylic acids is 1. The van der Waals surface area contributed by atoms with Crippen molar-refractivity contribution in [2.45, 2.75) is 30.6 Å². The van der Waals surface area contributed by atoms with Gasteiger partial charge in [-0.3, -0.25) is 14.4 Å². The van der Waals surface area contributed by atoms with Crippen LogP contribution < -0.4 is 15.6 Å². The summed E-state index contributed by atoms with van der Waals surface area (Å²) in [5, 5.41) is 45.9. The van der Waals surface area contributed by atoms with Crippen LogP contribution in [0.25, 0.3) is 10.9 Å². The number of phenolic OH excluding ortho intramolecular Hbond substituents is 1. The number of aliphatic hydroxyl groups is 2. The zero-order valence-electron chi connectivity index (χ0n) is 29.9. The minimum Gasteiger partial charge on any atom is -0.506 e. The van der Waals surface area contributed by atoms with Gasteiger partial charge in [-0.05, 0) is 72.5 Å². The van der Waals surface area contributed by atoms with E-state index in [1.165, 1.54) is 36.4 Å². The summed E-state index contributed by atoms with van der Waals surface area (Å²) in [6, 6.07) is 27.5. The van der Waals surface area contributed by atoms with Crippen LogP contribution in [0.1, 0.15) is 45.1 Å². The number of ether oxygens (including phenoxy) is 1. The first kappa shape index (κ1) is 37.3. The first-order valence-corrected chi connectivity index (χ1v) is 18.2. The third kappa shape index (κ3) is 7.67. The maximum absolute atomic E-state index is 13.6. The summed E-state index contributed by atoms with van der Waals surface area (Å²) in [5.41, 5.74) is 0.106. The first-order valence-electron chi connectivity index (χ1n) is 18.2. The molecule has 4 aromatic carbocycles. The number of likely N-dealkylation sites (tertiary alicyclic amines) is 2. The highest BCUT2D eigenvalue weighted by molar-refractivity contribution is 5.95. The van der Waals surface area contributed by atoms with E-state index in [0.717, 1.165) is 12.0 Å². The van der Waals surface area contributed by atoms with Crippen LogP contribution in [0.4, 0.5) is 0 Å². The fourth-order valence-electron chi connectivity index (χ4n) is 7.67. The standard InChI is InChI=1S/C42H42N4O9/c47-35-15-13-32(33-14-16-37(49)44-39(33)35)36(48)22-43-19-17-26-9-11-27(12-10-26)40(51)46-20-18-28-23-45(24-34(28)46)38(50)25-55-31-8-4-7-30(21-31)42(54,41(52)53)29-5-2-1-3-6-29/h1-16,21,28,34,36,43,47-48,54H,17-20,22-25H2,(H,44,49)(H,52,53)/t28-,34+,36+,42+/m1/s1. The molecule has 0 spiro atoms. The Bertz CT molecular complexity index is 2260. The van der Waals surface area contributed by atoms with E-state index in [1.54, 1.807) is 47.4 Å². The van der Waals surface area contributed by atoms with Crippen LogP contribution in [0.3, 0.4) is 0 Å². The van der Waals surface area contributed by atoms with E-state index in [1.807, 2.05) is 29.2 Å². The number of nitrogens with one attached hydrogen (secondary N) is 2. The number of hydrogen-bond acceptors (Lipinski definition) is 9. The van der Waals surface area contributed by atoms with Crippen molar-refractivity contribution < 1.29 is 39.5 Å². The van der Waals surface area contributed by atoms with Gasteiger partial charge in [0.05, 0.1) is 17.7 Å². The lowest BCUT2D eigenvalue weighted by Gasteiger charge is -2.26. The third-order valence-corrected chi connectivity index (χ3v) is 10.7. The largest absolute Gasteiger partial charge is 0.506 e. The van der Waals surface area contributed by atoms with Crippen molar-refractivity contribution in [2.75, 3.05) is 39.3 Å². The normalized spacial score (nSPS) is 18.1. The minimum absolute atomic E-state index is 0.0641. The number of aliphatic carboxylic acids is 1. The summed E-state index contributed by atoms with van der Waals surface area (Å²) in [4.78, 5) is 56.9. The molecule has 2 aliphatic heterocycles. The molecular weight excluding hydrogens is 704 g/mol. The number of hydrogen-bond donors (Lipinski definition) is 6. The second kappa shape index (κ2) is 15.8. The average molecular weight is 747 g/mol. The number of amides is 2. The van der Waals surface area contributed by atoms with Gasteiger partial charge in [-0.2, -0.15) is 0 Å². The number of aromatic hydroxyl groups is 1. The molecule has 13 heteroatoms. The molecule has 0 aliphatic carbocycles. The number of rotatable bonds is 13. The number of fused-ring (bicyclic) bond motifs is 2. The highest BCUT2D eigenvalue weighted by Crippen LogP contribution is 2.34. The number of nitrogens with zero attached hydrogens (tertiary/aromatic N) is 2. The second-order valence-corrected chi connectivity index (χ2v) is 14.1. The summed E-state index contributed by atoms with van der Waals surface area (Å²) < 4.78 is 5.79. The smallest absolute Gasteiger partial charge is 0.345 e. The van der Waals surface area contributed by atoms with Crippen molar-refractivity contribution in [3.05, 3.63) is 141 Å². The van der Waals surface area contributed by atoms with Gasteiger partial charge in [-0.1, -0.05) is 60.7 Å². The monoisotopic (exact) mass is 746 g/mol.